The Morgan fingerprint density at radius 1 is 0.571 bits per heavy atom. The minimum atomic E-state index is -1.43. The van der Waals surface area contributed by atoms with Gasteiger partial charge < -0.3 is 5.64 Å². The lowest BCUT2D eigenvalue weighted by atomic mass is 9.25. The molecular weight excluding hydrogens is 253 g/mol. The predicted molar refractivity (Wildman–Crippen MR) is 92.9 cm³/mol. The van der Waals surface area contributed by atoms with Gasteiger partial charge in [0.2, 0.25) is 0 Å². The van der Waals surface area contributed by atoms with Gasteiger partial charge in [0.15, 0.2) is 0 Å². The molecule has 0 spiro atoms. The van der Waals surface area contributed by atoms with Crippen LogP contribution in [0.3, 0.4) is 0 Å². The summed E-state index contributed by atoms with van der Waals surface area (Å²) in [5.41, 5.74) is 11.7. The molecule has 0 unspecified atom stereocenters. The zero-order valence-corrected chi connectivity index (χ0v) is 12.2. The summed E-state index contributed by atoms with van der Waals surface area (Å²) in [7, 11) is 0. The van der Waals surface area contributed by atoms with Crippen LogP contribution in [0.25, 0.3) is 0 Å². The molecular formula is C19H19BN-. The number of rotatable bonds is 3. The molecule has 0 aliphatic carbocycles. The second-order valence-corrected chi connectivity index (χ2v) is 5.67. The SMILES string of the molecule is Cc1ccc([B-](N)(c2ccccc2)c2ccccc2)cc1. The molecule has 21 heavy (non-hydrogen) atoms. The third-order valence-corrected chi connectivity index (χ3v) is 4.25. The van der Waals surface area contributed by atoms with E-state index in [1.807, 2.05) is 12.1 Å². The second kappa shape index (κ2) is 5.59. The Hall–Kier alpha value is -2.32. The van der Waals surface area contributed by atoms with Crippen molar-refractivity contribution in [3.05, 3.63) is 90.5 Å². The van der Waals surface area contributed by atoms with Crippen LogP contribution in [0.1, 0.15) is 5.56 Å². The van der Waals surface area contributed by atoms with Gasteiger partial charge in [0.25, 0.3) is 0 Å². The summed E-state index contributed by atoms with van der Waals surface area (Å²) in [5.74, 6) is 0. The van der Waals surface area contributed by atoms with Crippen molar-refractivity contribution in [3.8, 4) is 0 Å². The van der Waals surface area contributed by atoms with Crippen molar-refractivity contribution in [2.75, 3.05) is 0 Å². The molecule has 0 radical (unpaired) electrons. The first-order valence-electron chi connectivity index (χ1n) is 7.34. The largest absolute Gasteiger partial charge is 0.491 e. The fraction of sp³-hybridized carbons (Fsp3) is 0.0526. The van der Waals surface area contributed by atoms with Gasteiger partial charge in [-0.2, -0.15) is 16.4 Å². The first kappa shape index (κ1) is 13.7. The molecule has 0 bridgehead atoms. The van der Waals surface area contributed by atoms with Crippen LogP contribution in [0.15, 0.2) is 84.9 Å². The Bertz CT molecular complexity index is 666. The van der Waals surface area contributed by atoms with Crippen molar-refractivity contribution in [1.29, 1.82) is 0 Å². The summed E-state index contributed by atoms with van der Waals surface area (Å²) >= 11 is 0. The van der Waals surface area contributed by atoms with E-state index in [-0.39, 0.29) is 0 Å². The van der Waals surface area contributed by atoms with Crippen LogP contribution < -0.4 is 22.0 Å². The number of nitrogens with two attached hydrogens (primary N) is 1. The number of hydrogen-bond acceptors (Lipinski definition) is 1. The molecule has 0 heterocycles. The van der Waals surface area contributed by atoms with Crippen LogP contribution in [0, 0.1) is 6.92 Å². The maximum Gasteiger partial charge on any atom is 0.139 e. The van der Waals surface area contributed by atoms with E-state index in [1.165, 1.54) is 5.56 Å². The van der Waals surface area contributed by atoms with Crippen LogP contribution in [0.4, 0.5) is 0 Å². The maximum absolute atomic E-state index is 6.97. The Kier molecular flexibility index (Phi) is 3.63. The fourth-order valence-corrected chi connectivity index (χ4v) is 2.96. The lowest BCUT2D eigenvalue weighted by Gasteiger charge is -2.39. The molecule has 0 aliphatic heterocycles. The zero-order valence-electron chi connectivity index (χ0n) is 12.2. The Morgan fingerprint density at radius 2 is 0.952 bits per heavy atom. The van der Waals surface area contributed by atoms with Crippen molar-refractivity contribution in [1.82, 2.24) is 0 Å². The minimum absolute atomic E-state index is 1.16. The number of hydrogen-bond donors (Lipinski definition) is 1. The molecule has 0 aliphatic rings. The quantitative estimate of drug-likeness (QED) is 0.724. The van der Waals surface area contributed by atoms with Gasteiger partial charge in [-0.05, 0) is 6.92 Å². The summed E-state index contributed by atoms with van der Waals surface area (Å²) in [4.78, 5) is 0. The second-order valence-electron chi connectivity index (χ2n) is 5.67. The molecule has 1 nitrogen and oxygen atoms in total. The van der Waals surface area contributed by atoms with Crippen molar-refractivity contribution >= 4 is 22.7 Å². The van der Waals surface area contributed by atoms with Crippen LogP contribution >= 0.6 is 0 Å². The molecule has 0 saturated heterocycles. The maximum atomic E-state index is 6.97. The molecule has 0 fully saturated rings. The van der Waals surface area contributed by atoms with Gasteiger partial charge in [0, 0.05) is 0 Å². The highest BCUT2D eigenvalue weighted by Crippen LogP contribution is 2.03. The smallest absolute Gasteiger partial charge is 0.139 e. The van der Waals surface area contributed by atoms with Gasteiger partial charge >= 0.3 is 0 Å². The van der Waals surface area contributed by atoms with Crippen LogP contribution in [0.2, 0.25) is 0 Å². The lowest BCUT2D eigenvalue weighted by molar-refractivity contribution is 1.48. The van der Waals surface area contributed by atoms with Crippen molar-refractivity contribution in [2.24, 2.45) is 5.64 Å². The predicted octanol–water partition coefficient (Wildman–Crippen LogP) is 1.92. The van der Waals surface area contributed by atoms with Gasteiger partial charge in [-0.25, -0.2) is 0 Å². The van der Waals surface area contributed by atoms with Crippen LogP contribution in [-0.2, 0) is 0 Å². The Morgan fingerprint density at radius 3 is 1.38 bits per heavy atom. The molecule has 0 aromatic heterocycles. The van der Waals surface area contributed by atoms with Crippen LogP contribution in [-0.4, -0.2) is 6.28 Å². The van der Waals surface area contributed by atoms with Crippen molar-refractivity contribution in [2.45, 2.75) is 6.92 Å². The third kappa shape index (κ3) is 2.50. The van der Waals surface area contributed by atoms with Gasteiger partial charge in [-0.15, -0.1) is 0 Å². The average molecular weight is 272 g/mol. The summed E-state index contributed by atoms with van der Waals surface area (Å²) in [5, 5.41) is 0. The van der Waals surface area contributed by atoms with Gasteiger partial charge in [-0.1, -0.05) is 90.5 Å². The van der Waals surface area contributed by atoms with Crippen molar-refractivity contribution < 1.29 is 0 Å². The van der Waals surface area contributed by atoms with E-state index in [9.17, 15) is 0 Å². The molecule has 0 saturated carbocycles. The number of aryl methyl sites for hydroxylation is 1. The topological polar surface area (TPSA) is 26.0 Å². The highest BCUT2D eigenvalue weighted by Gasteiger charge is 2.25. The van der Waals surface area contributed by atoms with Crippen molar-refractivity contribution in [3.63, 3.8) is 0 Å². The highest BCUT2D eigenvalue weighted by atomic mass is 14.5. The summed E-state index contributed by atoms with van der Waals surface area (Å²) < 4.78 is 0. The van der Waals surface area contributed by atoms with E-state index in [1.54, 1.807) is 0 Å². The minimum Gasteiger partial charge on any atom is -0.491 e. The highest BCUT2D eigenvalue weighted by molar-refractivity contribution is 7.09. The molecule has 0 amide bonds. The third-order valence-electron chi connectivity index (χ3n) is 4.25. The molecule has 3 aromatic carbocycles. The van der Waals surface area contributed by atoms with Gasteiger partial charge in [0.1, 0.15) is 6.28 Å². The molecule has 3 aromatic rings. The summed E-state index contributed by atoms with van der Waals surface area (Å²) in [6, 6.07) is 29.3. The fourth-order valence-electron chi connectivity index (χ4n) is 2.96. The standard InChI is InChI=1S/C19H19BN/c1-16-12-14-19(15-13-16)20(21,17-8-4-2-5-9-17)18-10-6-3-7-11-18/h2-15H,21H2,1H3/q-1. The van der Waals surface area contributed by atoms with E-state index in [2.05, 4.69) is 79.7 Å². The normalized spacial score (nSPS) is 11.3. The van der Waals surface area contributed by atoms with E-state index in [0.29, 0.717) is 0 Å². The Labute approximate surface area is 126 Å². The van der Waals surface area contributed by atoms with Gasteiger partial charge in [0.05, 0.1) is 0 Å². The molecule has 0 atom stereocenters. The summed E-state index contributed by atoms with van der Waals surface area (Å²) in [6.07, 6.45) is -1.43. The molecule has 104 valence electrons. The van der Waals surface area contributed by atoms with E-state index < -0.39 is 6.28 Å². The monoisotopic (exact) mass is 272 g/mol. The zero-order chi connectivity index (χ0) is 14.7. The molecule has 2 heteroatoms. The van der Waals surface area contributed by atoms with E-state index in [4.69, 9.17) is 5.64 Å². The Balaban J connectivity index is 2.23. The first-order valence-corrected chi connectivity index (χ1v) is 7.34. The average Bonchev–Trinajstić information content (AvgIpc) is 2.56. The molecule has 3 rings (SSSR count). The first-order chi connectivity index (χ1) is 10.2. The number of benzene rings is 3. The molecule has 2 N–H and O–H groups in total. The van der Waals surface area contributed by atoms with E-state index >= 15 is 0 Å². The van der Waals surface area contributed by atoms with E-state index in [0.717, 1.165) is 16.4 Å². The van der Waals surface area contributed by atoms with Gasteiger partial charge in [-0.3, -0.25) is 0 Å². The lowest BCUT2D eigenvalue weighted by Crippen LogP contribution is -2.74. The summed E-state index contributed by atoms with van der Waals surface area (Å²) in [6.45, 7) is 2.10. The van der Waals surface area contributed by atoms with Crippen LogP contribution in [0.5, 0.6) is 0 Å².